The fourth-order valence-corrected chi connectivity index (χ4v) is 2.08. The molecule has 104 valence electrons. The van der Waals surface area contributed by atoms with E-state index in [0.717, 1.165) is 5.56 Å². The van der Waals surface area contributed by atoms with Gasteiger partial charge in [0.2, 0.25) is 0 Å². The summed E-state index contributed by atoms with van der Waals surface area (Å²) in [7, 11) is 1.69. The standard InChI is InChI=1S/C15H15ClN2O2/c1-10(19)12-7-14(17-8-12)15(20)18(2)9-11-5-3-4-6-13(11)16/h3-8,17H,9H2,1-2H3. The van der Waals surface area contributed by atoms with Gasteiger partial charge in [-0.2, -0.15) is 0 Å². The van der Waals surface area contributed by atoms with Crippen LogP contribution in [0.1, 0.15) is 33.3 Å². The summed E-state index contributed by atoms with van der Waals surface area (Å²) in [5.41, 5.74) is 1.77. The molecule has 0 bridgehead atoms. The number of nitrogens with zero attached hydrogens (tertiary/aromatic N) is 1. The molecular weight excluding hydrogens is 276 g/mol. The van der Waals surface area contributed by atoms with E-state index in [1.165, 1.54) is 6.92 Å². The van der Waals surface area contributed by atoms with Gasteiger partial charge in [0.1, 0.15) is 5.69 Å². The smallest absolute Gasteiger partial charge is 0.270 e. The molecule has 1 amide bonds. The molecule has 0 aliphatic carbocycles. The molecule has 0 aliphatic heterocycles. The van der Waals surface area contributed by atoms with Gasteiger partial charge in [0.05, 0.1) is 0 Å². The van der Waals surface area contributed by atoms with Gasteiger partial charge in [0.25, 0.3) is 5.91 Å². The summed E-state index contributed by atoms with van der Waals surface area (Å²) in [5.74, 6) is -0.258. The normalized spacial score (nSPS) is 10.3. The highest BCUT2D eigenvalue weighted by Crippen LogP contribution is 2.17. The van der Waals surface area contributed by atoms with Gasteiger partial charge >= 0.3 is 0 Å². The van der Waals surface area contributed by atoms with Crippen LogP contribution in [0.3, 0.4) is 0 Å². The van der Waals surface area contributed by atoms with Crippen LogP contribution in [0.2, 0.25) is 5.02 Å². The number of aromatic amines is 1. The number of hydrogen-bond donors (Lipinski definition) is 1. The van der Waals surface area contributed by atoms with Gasteiger partial charge in [0, 0.05) is 30.4 Å². The molecule has 4 nitrogen and oxygen atoms in total. The number of H-pyrrole nitrogens is 1. The number of rotatable bonds is 4. The van der Waals surface area contributed by atoms with E-state index in [2.05, 4.69) is 4.98 Å². The maximum absolute atomic E-state index is 12.2. The Hall–Kier alpha value is -2.07. The van der Waals surface area contributed by atoms with Crippen molar-refractivity contribution < 1.29 is 9.59 Å². The number of aromatic nitrogens is 1. The lowest BCUT2D eigenvalue weighted by Gasteiger charge is -2.17. The molecule has 0 saturated carbocycles. The van der Waals surface area contributed by atoms with Crippen molar-refractivity contribution in [1.29, 1.82) is 0 Å². The number of halogens is 1. The predicted molar refractivity (Wildman–Crippen MR) is 78.0 cm³/mol. The van der Waals surface area contributed by atoms with Crippen LogP contribution in [0, 0.1) is 0 Å². The molecule has 0 radical (unpaired) electrons. The number of Topliss-reactive ketones (excluding diaryl/α,β-unsaturated/α-hetero) is 1. The molecule has 1 heterocycles. The second-order valence-electron chi connectivity index (χ2n) is 4.61. The Bertz CT molecular complexity index is 649. The number of amides is 1. The van der Waals surface area contributed by atoms with Gasteiger partial charge < -0.3 is 9.88 Å². The van der Waals surface area contributed by atoms with E-state index in [-0.39, 0.29) is 11.7 Å². The molecule has 0 saturated heterocycles. The molecule has 1 N–H and O–H groups in total. The van der Waals surface area contributed by atoms with E-state index >= 15 is 0 Å². The Labute approximate surface area is 122 Å². The summed E-state index contributed by atoms with van der Waals surface area (Å²) in [6.07, 6.45) is 1.54. The van der Waals surface area contributed by atoms with Gasteiger partial charge in [-0.15, -0.1) is 0 Å². The topological polar surface area (TPSA) is 53.2 Å². The Balaban J connectivity index is 2.12. The molecule has 0 unspecified atom stereocenters. The first kappa shape index (κ1) is 14.3. The molecule has 0 spiro atoms. The molecule has 0 fully saturated rings. The SMILES string of the molecule is CC(=O)c1c[nH]c(C(=O)N(C)Cc2ccccc2Cl)c1. The first-order valence-electron chi connectivity index (χ1n) is 6.17. The van der Waals surface area contributed by atoms with Crippen LogP contribution in [0.4, 0.5) is 0 Å². The summed E-state index contributed by atoms with van der Waals surface area (Å²) >= 11 is 6.07. The molecule has 2 aromatic rings. The van der Waals surface area contributed by atoms with Crippen LogP contribution in [-0.4, -0.2) is 28.6 Å². The van der Waals surface area contributed by atoms with E-state index < -0.39 is 0 Å². The summed E-state index contributed by atoms with van der Waals surface area (Å²) in [6, 6.07) is 8.95. The van der Waals surface area contributed by atoms with E-state index in [4.69, 9.17) is 11.6 Å². The molecule has 1 aromatic carbocycles. The largest absolute Gasteiger partial charge is 0.356 e. The third-order valence-corrected chi connectivity index (χ3v) is 3.40. The summed E-state index contributed by atoms with van der Waals surface area (Å²) in [4.78, 5) is 27.8. The quantitative estimate of drug-likeness (QED) is 0.880. The van der Waals surface area contributed by atoms with Crippen molar-refractivity contribution in [1.82, 2.24) is 9.88 Å². The lowest BCUT2D eigenvalue weighted by molar-refractivity contribution is 0.0780. The van der Waals surface area contributed by atoms with Gasteiger partial charge in [-0.05, 0) is 24.6 Å². The van der Waals surface area contributed by atoms with E-state index in [1.54, 1.807) is 30.3 Å². The first-order chi connectivity index (χ1) is 9.49. The van der Waals surface area contributed by atoms with Crippen LogP contribution < -0.4 is 0 Å². The molecule has 5 heteroatoms. The van der Waals surface area contributed by atoms with E-state index in [9.17, 15) is 9.59 Å². The third kappa shape index (κ3) is 3.08. The van der Waals surface area contributed by atoms with Crippen LogP contribution >= 0.6 is 11.6 Å². The van der Waals surface area contributed by atoms with Crippen LogP contribution in [-0.2, 0) is 6.54 Å². The Morgan fingerprint density at radius 2 is 2.00 bits per heavy atom. The predicted octanol–water partition coefficient (Wildman–Crippen LogP) is 3.14. The molecule has 20 heavy (non-hydrogen) atoms. The monoisotopic (exact) mass is 290 g/mol. The number of carbonyl (C=O) groups is 2. The van der Waals surface area contributed by atoms with Crippen LogP contribution in [0.15, 0.2) is 36.5 Å². The fourth-order valence-electron chi connectivity index (χ4n) is 1.88. The third-order valence-electron chi connectivity index (χ3n) is 3.03. The van der Waals surface area contributed by atoms with Crippen molar-refractivity contribution in [2.45, 2.75) is 13.5 Å². The molecular formula is C15H15ClN2O2. The number of carbonyl (C=O) groups excluding carboxylic acids is 2. The highest BCUT2D eigenvalue weighted by molar-refractivity contribution is 6.31. The van der Waals surface area contributed by atoms with Gasteiger partial charge in [-0.3, -0.25) is 9.59 Å². The highest BCUT2D eigenvalue weighted by Gasteiger charge is 2.16. The maximum atomic E-state index is 12.2. The lowest BCUT2D eigenvalue weighted by Crippen LogP contribution is -2.26. The Morgan fingerprint density at radius 3 is 2.60 bits per heavy atom. The summed E-state index contributed by atoms with van der Waals surface area (Å²) in [6.45, 7) is 1.87. The van der Waals surface area contributed by atoms with Crippen LogP contribution in [0.25, 0.3) is 0 Å². The second-order valence-corrected chi connectivity index (χ2v) is 5.02. The Morgan fingerprint density at radius 1 is 1.30 bits per heavy atom. The zero-order valence-corrected chi connectivity index (χ0v) is 12.1. The van der Waals surface area contributed by atoms with Gasteiger partial charge in [-0.1, -0.05) is 29.8 Å². The van der Waals surface area contributed by atoms with Crippen molar-refractivity contribution in [3.8, 4) is 0 Å². The molecule has 2 rings (SSSR count). The average molecular weight is 291 g/mol. The van der Waals surface area contributed by atoms with Crippen molar-refractivity contribution in [3.05, 3.63) is 58.4 Å². The van der Waals surface area contributed by atoms with Gasteiger partial charge in [-0.25, -0.2) is 0 Å². The molecule has 0 atom stereocenters. The number of ketones is 1. The molecule has 0 aliphatic rings. The van der Waals surface area contributed by atoms with Crippen LogP contribution in [0.5, 0.6) is 0 Å². The minimum absolute atomic E-state index is 0.0749. The van der Waals surface area contributed by atoms with Crippen molar-refractivity contribution in [2.24, 2.45) is 0 Å². The summed E-state index contributed by atoms with van der Waals surface area (Å²) in [5, 5.41) is 0.628. The fraction of sp³-hybridized carbons (Fsp3) is 0.200. The van der Waals surface area contributed by atoms with Gasteiger partial charge in [0.15, 0.2) is 5.78 Å². The maximum Gasteiger partial charge on any atom is 0.270 e. The minimum atomic E-state index is -0.183. The number of nitrogens with one attached hydrogen (secondary N) is 1. The lowest BCUT2D eigenvalue weighted by atomic mass is 10.2. The van der Waals surface area contributed by atoms with E-state index in [1.807, 2.05) is 18.2 Å². The average Bonchev–Trinajstić information content (AvgIpc) is 2.90. The zero-order valence-electron chi connectivity index (χ0n) is 11.3. The first-order valence-corrected chi connectivity index (χ1v) is 6.55. The van der Waals surface area contributed by atoms with Crippen molar-refractivity contribution in [2.75, 3.05) is 7.05 Å². The van der Waals surface area contributed by atoms with E-state index in [0.29, 0.717) is 22.8 Å². The number of benzene rings is 1. The Kier molecular flexibility index (Phi) is 4.25. The summed E-state index contributed by atoms with van der Waals surface area (Å²) < 4.78 is 0. The number of hydrogen-bond acceptors (Lipinski definition) is 2. The van der Waals surface area contributed by atoms with Crippen molar-refractivity contribution >= 4 is 23.3 Å². The highest BCUT2D eigenvalue weighted by atomic mass is 35.5. The molecule has 1 aromatic heterocycles. The van der Waals surface area contributed by atoms with Crippen molar-refractivity contribution in [3.63, 3.8) is 0 Å². The zero-order chi connectivity index (χ0) is 14.7. The second kappa shape index (κ2) is 5.92. The minimum Gasteiger partial charge on any atom is -0.356 e.